The SMILES string of the molecule is O=C(Nc1cc(-c2ccccn2)nc(-c2ccccn2)c1)c1ccc(C(=O)Nc2cc(-c3ccccn3)nc(-c3ccccn3)c2)cc1. The molecule has 7 rings (SSSR count). The third kappa shape index (κ3) is 6.82. The van der Waals surface area contributed by atoms with Crippen LogP contribution in [0.5, 0.6) is 0 Å². The molecule has 0 bridgehead atoms. The van der Waals surface area contributed by atoms with Gasteiger partial charge in [-0.25, -0.2) is 9.97 Å². The van der Waals surface area contributed by atoms with E-state index in [1.165, 1.54) is 0 Å². The molecule has 10 nitrogen and oxygen atoms in total. The molecule has 0 spiro atoms. The van der Waals surface area contributed by atoms with Crippen LogP contribution in [0.25, 0.3) is 45.6 Å². The second kappa shape index (κ2) is 13.6. The molecule has 6 heterocycles. The molecule has 230 valence electrons. The molecule has 2 N–H and O–H groups in total. The average molecular weight is 627 g/mol. The Balaban J connectivity index is 1.11. The molecule has 0 saturated carbocycles. The molecule has 0 aliphatic heterocycles. The van der Waals surface area contributed by atoms with Gasteiger partial charge in [-0.05, 0) is 97.1 Å². The Morgan fingerprint density at radius 3 is 0.917 bits per heavy atom. The number of pyridine rings is 6. The van der Waals surface area contributed by atoms with E-state index >= 15 is 0 Å². The fraction of sp³-hybridized carbons (Fsp3) is 0. The molecule has 0 atom stereocenters. The number of aromatic nitrogens is 6. The summed E-state index contributed by atoms with van der Waals surface area (Å²) in [6.07, 6.45) is 6.75. The maximum Gasteiger partial charge on any atom is 0.255 e. The minimum Gasteiger partial charge on any atom is -0.322 e. The van der Waals surface area contributed by atoms with Gasteiger partial charge in [0.15, 0.2) is 0 Å². The van der Waals surface area contributed by atoms with E-state index in [-0.39, 0.29) is 11.8 Å². The van der Waals surface area contributed by atoms with Crippen molar-refractivity contribution in [1.82, 2.24) is 29.9 Å². The van der Waals surface area contributed by atoms with Crippen LogP contribution in [0.2, 0.25) is 0 Å². The highest BCUT2D eigenvalue weighted by atomic mass is 16.2. The number of carbonyl (C=O) groups is 2. The van der Waals surface area contributed by atoms with Crippen LogP contribution in [-0.4, -0.2) is 41.7 Å². The first kappa shape index (κ1) is 29.8. The van der Waals surface area contributed by atoms with Crippen LogP contribution in [0.3, 0.4) is 0 Å². The lowest BCUT2D eigenvalue weighted by atomic mass is 10.1. The maximum absolute atomic E-state index is 13.3. The highest BCUT2D eigenvalue weighted by molar-refractivity contribution is 6.07. The first-order chi connectivity index (χ1) is 23.6. The number of carbonyl (C=O) groups excluding carboxylic acids is 2. The van der Waals surface area contributed by atoms with Crippen LogP contribution in [0.4, 0.5) is 11.4 Å². The lowest BCUT2D eigenvalue weighted by Gasteiger charge is -2.11. The zero-order valence-corrected chi connectivity index (χ0v) is 25.4. The molecule has 48 heavy (non-hydrogen) atoms. The molecule has 0 radical (unpaired) electrons. The molecule has 0 unspecified atom stereocenters. The maximum atomic E-state index is 13.3. The number of nitrogens with one attached hydrogen (secondary N) is 2. The van der Waals surface area contributed by atoms with Gasteiger partial charge >= 0.3 is 0 Å². The summed E-state index contributed by atoms with van der Waals surface area (Å²) in [7, 11) is 0. The van der Waals surface area contributed by atoms with Gasteiger partial charge in [-0.15, -0.1) is 0 Å². The summed E-state index contributed by atoms with van der Waals surface area (Å²) >= 11 is 0. The number of rotatable bonds is 8. The van der Waals surface area contributed by atoms with Gasteiger partial charge in [0.1, 0.15) is 0 Å². The van der Waals surface area contributed by atoms with Crippen LogP contribution < -0.4 is 10.6 Å². The van der Waals surface area contributed by atoms with E-state index in [0.717, 1.165) is 0 Å². The van der Waals surface area contributed by atoms with Crippen LogP contribution in [-0.2, 0) is 0 Å². The van der Waals surface area contributed by atoms with Crippen molar-refractivity contribution in [3.63, 3.8) is 0 Å². The Bertz CT molecular complexity index is 1920. The normalized spacial score (nSPS) is 10.7. The first-order valence-electron chi connectivity index (χ1n) is 15.0. The van der Waals surface area contributed by atoms with E-state index in [9.17, 15) is 9.59 Å². The van der Waals surface area contributed by atoms with E-state index in [2.05, 4.69) is 30.6 Å². The zero-order valence-electron chi connectivity index (χ0n) is 25.4. The van der Waals surface area contributed by atoms with Crippen LogP contribution in [0.15, 0.2) is 146 Å². The summed E-state index contributed by atoms with van der Waals surface area (Å²) in [6, 6.07) is 35.7. The average Bonchev–Trinajstić information content (AvgIpc) is 3.16. The molecule has 7 aromatic rings. The summed E-state index contributed by atoms with van der Waals surface area (Å²) in [5, 5.41) is 5.91. The smallest absolute Gasteiger partial charge is 0.255 e. The van der Waals surface area contributed by atoms with Gasteiger partial charge in [0.05, 0.1) is 45.6 Å². The van der Waals surface area contributed by atoms with Gasteiger partial charge in [0, 0.05) is 47.3 Å². The van der Waals surface area contributed by atoms with Crippen molar-refractivity contribution in [2.45, 2.75) is 0 Å². The molecule has 2 amide bonds. The Labute approximate surface area is 275 Å². The second-order valence-corrected chi connectivity index (χ2v) is 10.6. The van der Waals surface area contributed by atoms with Crippen LogP contribution in [0.1, 0.15) is 20.7 Å². The van der Waals surface area contributed by atoms with Crippen molar-refractivity contribution in [1.29, 1.82) is 0 Å². The van der Waals surface area contributed by atoms with E-state index < -0.39 is 0 Å². The molecule has 0 aliphatic carbocycles. The van der Waals surface area contributed by atoms with Crippen LogP contribution in [0, 0.1) is 0 Å². The topological polar surface area (TPSA) is 136 Å². The molecule has 6 aromatic heterocycles. The molecule has 1 aromatic carbocycles. The van der Waals surface area contributed by atoms with E-state index in [4.69, 9.17) is 9.97 Å². The van der Waals surface area contributed by atoms with Crippen molar-refractivity contribution < 1.29 is 9.59 Å². The van der Waals surface area contributed by atoms with Gasteiger partial charge in [-0.1, -0.05) is 24.3 Å². The standard InChI is InChI=1S/C38H26N8O2/c47-37(43-27-21-33(29-9-1-5-17-39-29)45-34(22-27)30-10-2-6-18-40-30)25-13-15-26(16-14-25)38(48)44-28-23-35(31-11-3-7-19-41-31)46-36(24-28)32-12-4-8-20-42-32/h1-24H,(H,43,45,47)(H,44,46,48). The Morgan fingerprint density at radius 1 is 0.375 bits per heavy atom. The first-order valence-corrected chi connectivity index (χ1v) is 15.0. The van der Waals surface area contributed by atoms with Crippen molar-refractivity contribution >= 4 is 23.2 Å². The van der Waals surface area contributed by atoms with E-state index in [1.807, 2.05) is 72.8 Å². The number of benzene rings is 1. The predicted octanol–water partition coefficient (Wildman–Crippen LogP) is 7.23. The summed E-state index contributed by atoms with van der Waals surface area (Å²) in [6.45, 7) is 0. The zero-order chi connectivity index (χ0) is 32.7. The Hall–Kier alpha value is -6.94. The Morgan fingerprint density at radius 2 is 0.667 bits per heavy atom. The van der Waals surface area contributed by atoms with E-state index in [0.29, 0.717) is 68.1 Å². The van der Waals surface area contributed by atoms with Gasteiger partial charge in [0.2, 0.25) is 0 Å². The number of anilines is 2. The molecule has 0 aliphatic rings. The van der Waals surface area contributed by atoms with Gasteiger partial charge in [-0.3, -0.25) is 29.5 Å². The minimum absolute atomic E-state index is 0.346. The number of nitrogens with zero attached hydrogens (tertiary/aromatic N) is 6. The molecule has 0 fully saturated rings. The predicted molar refractivity (Wildman–Crippen MR) is 184 cm³/mol. The largest absolute Gasteiger partial charge is 0.322 e. The van der Waals surface area contributed by atoms with Crippen molar-refractivity contribution in [3.8, 4) is 45.6 Å². The van der Waals surface area contributed by atoms with Gasteiger partial charge in [-0.2, -0.15) is 0 Å². The molecular weight excluding hydrogens is 600 g/mol. The second-order valence-electron chi connectivity index (χ2n) is 10.6. The lowest BCUT2D eigenvalue weighted by molar-refractivity contribution is 0.101. The highest BCUT2D eigenvalue weighted by Crippen LogP contribution is 2.27. The summed E-state index contributed by atoms with van der Waals surface area (Å²) in [5.41, 5.74) is 6.83. The minimum atomic E-state index is -0.346. The quantitative estimate of drug-likeness (QED) is 0.180. The van der Waals surface area contributed by atoms with Crippen molar-refractivity contribution in [3.05, 3.63) is 157 Å². The summed E-state index contributed by atoms with van der Waals surface area (Å²) in [4.78, 5) is 53.8. The fourth-order valence-electron chi connectivity index (χ4n) is 4.97. The number of amides is 2. The third-order valence-corrected chi connectivity index (χ3v) is 7.29. The number of hydrogen-bond donors (Lipinski definition) is 2. The molecule has 10 heteroatoms. The van der Waals surface area contributed by atoms with Gasteiger partial charge in [0.25, 0.3) is 11.8 Å². The van der Waals surface area contributed by atoms with Crippen molar-refractivity contribution in [2.24, 2.45) is 0 Å². The number of hydrogen-bond acceptors (Lipinski definition) is 8. The van der Waals surface area contributed by atoms with E-state index in [1.54, 1.807) is 73.3 Å². The van der Waals surface area contributed by atoms with Crippen molar-refractivity contribution in [2.75, 3.05) is 10.6 Å². The van der Waals surface area contributed by atoms with Crippen LogP contribution >= 0.6 is 0 Å². The third-order valence-electron chi connectivity index (χ3n) is 7.29. The lowest BCUT2D eigenvalue weighted by Crippen LogP contribution is -2.15. The monoisotopic (exact) mass is 626 g/mol. The Kier molecular flexibility index (Phi) is 8.42. The molecule has 0 saturated heterocycles. The van der Waals surface area contributed by atoms with Gasteiger partial charge < -0.3 is 10.6 Å². The summed E-state index contributed by atoms with van der Waals surface area (Å²) < 4.78 is 0. The fourth-order valence-corrected chi connectivity index (χ4v) is 4.97. The molecular formula is C38H26N8O2. The summed E-state index contributed by atoms with van der Waals surface area (Å²) in [5.74, 6) is -0.692. The highest BCUT2D eigenvalue weighted by Gasteiger charge is 2.15.